The maximum absolute atomic E-state index is 9.49. The van der Waals surface area contributed by atoms with E-state index in [0.717, 1.165) is 0 Å². The molecule has 0 saturated heterocycles. The lowest BCUT2D eigenvalue weighted by molar-refractivity contribution is -0.0852. The Balaban J connectivity index is 5.90. The Morgan fingerprint density at radius 1 is 0.667 bits per heavy atom. The van der Waals surface area contributed by atoms with Crippen LogP contribution in [0.15, 0.2) is 0 Å². The lowest BCUT2D eigenvalue weighted by Crippen LogP contribution is -2.56. The van der Waals surface area contributed by atoms with Gasteiger partial charge >= 0.3 is 0 Å². The van der Waals surface area contributed by atoms with E-state index in [1.807, 2.05) is 13.8 Å². The van der Waals surface area contributed by atoms with Crippen molar-refractivity contribution in [2.45, 2.75) is 74.0 Å². The van der Waals surface area contributed by atoms with Crippen LogP contribution in [0.2, 0.25) is 0 Å². The number of rotatable bonds is 4. The molecule has 0 radical (unpaired) electrons. The molecule has 0 atom stereocenters. The monoisotopic (exact) mass is 269 g/mol. The highest BCUT2D eigenvalue weighted by atomic mass is 32.1. The van der Waals surface area contributed by atoms with Gasteiger partial charge in [0, 0.05) is 4.75 Å². The molecule has 0 amide bonds. The van der Waals surface area contributed by atoms with Crippen molar-refractivity contribution < 1.29 is 0 Å². The molecule has 1 nitrogen and oxygen atoms in total. The zero-order valence-corrected chi connectivity index (χ0v) is 14.8. The Labute approximate surface area is 120 Å². The molecule has 0 saturated carbocycles. The third kappa shape index (κ3) is 2.31. The summed E-state index contributed by atoms with van der Waals surface area (Å²) in [5.74, 6) is 0. The minimum Gasteiger partial charge on any atom is -0.198 e. The number of hydrogen-bond acceptors (Lipinski definition) is 2. The summed E-state index contributed by atoms with van der Waals surface area (Å²) in [6.07, 6.45) is 0. The van der Waals surface area contributed by atoms with E-state index in [9.17, 15) is 5.26 Å². The third-order valence-electron chi connectivity index (χ3n) is 6.50. The van der Waals surface area contributed by atoms with Crippen molar-refractivity contribution in [1.82, 2.24) is 0 Å². The van der Waals surface area contributed by atoms with Gasteiger partial charge in [-0.3, -0.25) is 0 Å². The van der Waals surface area contributed by atoms with Crippen molar-refractivity contribution in [3.8, 4) is 6.07 Å². The third-order valence-corrected chi connectivity index (χ3v) is 7.06. The molecule has 0 fully saturated rings. The van der Waals surface area contributed by atoms with E-state index in [0.29, 0.717) is 0 Å². The van der Waals surface area contributed by atoms with E-state index in [-0.39, 0.29) is 26.4 Å². The van der Waals surface area contributed by atoms with E-state index in [1.165, 1.54) is 0 Å². The summed E-state index contributed by atoms with van der Waals surface area (Å²) in [7, 11) is 0. The molecular formula is C16H31NS. The highest BCUT2D eigenvalue weighted by Gasteiger charge is 2.58. The number of thiol groups is 1. The van der Waals surface area contributed by atoms with Crippen molar-refractivity contribution in [1.29, 1.82) is 5.26 Å². The summed E-state index contributed by atoms with van der Waals surface area (Å²) in [6, 6.07) is 2.49. The van der Waals surface area contributed by atoms with Crippen LogP contribution in [-0.2, 0) is 0 Å². The van der Waals surface area contributed by atoms with Gasteiger partial charge < -0.3 is 0 Å². The van der Waals surface area contributed by atoms with Gasteiger partial charge in [-0.15, -0.1) is 0 Å². The predicted octanol–water partition coefficient (Wildman–Crippen LogP) is 5.32. The Hall–Kier alpha value is -0.160. The second-order valence-corrected chi connectivity index (χ2v) is 9.29. The Morgan fingerprint density at radius 3 is 1.22 bits per heavy atom. The molecule has 0 unspecified atom stereocenters. The molecule has 18 heavy (non-hydrogen) atoms. The minimum atomic E-state index is -0.382. The van der Waals surface area contributed by atoms with Gasteiger partial charge in [-0.2, -0.15) is 17.9 Å². The van der Waals surface area contributed by atoms with Crippen LogP contribution in [0.1, 0.15) is 69.2 Å². The zero-order chi connectivity index (χ0) is 15.2. The van der Waals surface area contributed by atoms with Gasteiger partial charge in [-0.05, 0) is 30.1 Å². The molecule has 0 aromatic heterocycles. The first kappa shape index (κ1) is 17.8. The highest BCUT2D eigenvalue weighted by Crippen LogP contribution is 2.62. The van der Waals surface area contributed by atoms with E-state index >= 15 is 0 Å². The van der Waals surface area contributed by atoms with Crippen molar-refractivity contribution in [3.05, 3.63) is 0 Å². The highest BCUT2D eigenvalue weighted by molar-refractivity contribution is 7.81. The Bertz CT molecular complexity index is 348. The van der Waals surface area contributed by atoms with Gasteiger partial charge in [0.05, 0.1) is 11.5 Å². The molecule has 0 aromatic rings. The van der Waals surface area contributed by atoms with Crippen LogP contribution in [0, 0.1) is 33.0 Å². The predicted molar refractivity (Wildman–Crippen MR) is 83.8 cm³/mol. The lowest BCUT2D eigenvalue weighted by atomic mass is 9.45. The van der Waals surface area contributed by atoms with Crippen molar-refractivity contribution in [2.24, 2.45) is 21.7 Å². The van der Waals surface area contributed by atoms with Gasteiger partial charge in [0.1, 0.15) is 0 Å². The fourth-order valence-corrected chi connectivity index (χ4v) is 2.75. The number of hydrogen-bond donors (Lipinski definition) is 1. The van der Waals surface area contributed by atoms with Crippen LogP contribution < -0.4 is 0 Å². The van der Waals surface area contributed by atoms with Crippen LogP contribution in [0.4, 0.5) is 0 Å². The fourth-order valence-electron chi connectivity index (χ4n) is 2.47. The average molecular weight is 269 g/mol. The summed E-state index contributed by atoms with van der Waals surface area (Å²) in [6.45, 7) is 21.9. The molecule has 0 heterocycles. The van der Waals surface area contributed by atoms with Gasteiger partial charge in [-0.25, -0.2) is 0 Å². The summed E-state index contributed by atoms with van der Waals surface area (Å²) < 4.78 is -0.112. The molecule has 2 heteroatoms. The molecule has 0 aliphatic carbocycles. The fraction of sp³-hybridized carbons (Fsp3) is 0.938. The first-order chi connectivity index (χ1) is 7.56. The lowest BCUT2D eigenvalue weighted by Gasteiger charge is -2.60. The van der Waals surface area contributed by atoms with Crippen LogP contribution in [0.25, 0.3) is 0 Å². The van der Waals surface area contributed by atoms with Crippen LogP contribution in [0.3, 0.4) is 0 Å². The topological polar surface area (TPSA) is 23.8 Å². The zero-order valence-electron chi connectivity index (χ0n) is 13.9. The summed E-state index contributed by atoms with van der Waals surface area (Å²) >= 11 is 4.80. The van der Waals surface area contributed by atoms with Crippen molar-refractivity contribution >= 4 is 12.6 Å². The second kappa shape index (κ2) is 4.44. The van der Waals surface area contributed by atoms with Crippen molar-refractivity contribution in [3.63, 3.8) is 0 Å². The average Bonchev–Trinajstić information content (AvgIpc) is 2.15. The first-order valence-electron chi connectivity index (χ1n) is 6.70. The Kier molecular flexibility index (Phi) is 4.40. The number of nitriles is 1. The summed E-state index contributed by atoms with van der Waals surface area (Å²) in [5, 5.41) is 9.49. The molecule has 0 rings (SSSR count). The maximum Gasteiger partial charge on any atom is 0.0689 e. The van der Waals surface area contributed by atoms with E-state index in [4.69, 9.17) is 12.6 Å². The van der Waals surface area contributed by atoms with E-state index in [1.54, 1.807) is 0 Å². The van der Waals surface area contributed by atoms with E-state index < -0.39 is 0 Å². The molecule has 0 aliphatic heterocycles. The molecule has 0 aliphatic rings. The van der Waals surface area contributed by atoms with Gasteiger partial charge in [0.15, 0.2) is 0 Å². The SMILES string of the molecule is CC(C)(S)C(C)(C)C(C)(C)C(C)(C)C(C)(C)C#N. The molecular weight excluding hydrogens is 238 g/mol. The molecule has 0 spiro atoms. The molecule has 0 N–H and O–H groups in total. The quantitative estimate of drug-likeness (QED) is 0.686. The molecule has 106 valence electrons. The van der Waals surface area contributed by atoms with E-state index in [2.05, 4.69) is 61.5 Å². The normalized spacial score (nSPS) is 15.4. The second-order valence-electron chi connectivity index (χ2n) is 8.17. The standard InChI is InChI=1S/C16H31NS/c1-12(2,11-17)13(3,4)14(5,6)15(7,8)16(9,10)18/h18H,1-10H3. The van der Waals surface area contributed by atoms with Gasteiger partial charge in [-0.1, -0.05) is 55.4 Å². The van der Waals surface area contributed by atoms with Crippen molar-refractivity contribution in [2.75, 3.05) is 0 Å². The maximum atomic E-state index is 9.49. The number of nitrogens with zero attached hydrogens (tertiary/aromatic N) is 1. The summed E-state index contributed by atoms with van der Waals surface area (Å²) in [4.78, 5) is 0. The molecule has 0 bridgehead atoms. The first-order valence-corrected chi connectivity index (χ1v) is 7.14. The van der Waals surface area contributed by atoms with Gasteiger partial charge in [0.25, 0.3) is 0 Å². The Morgan fingerprint density at radius 2 is 1.00 bits per heavy atom. The molecule has 0 aromatic carbocycles. The summed E-state index contributed by atoms with van der Waals surface area (Å²) in [5.41, 5.74) is -0.559. The van der Waals surface area contributed by atoms with Crippen LogP contribution >= 0.6 is 12.6 Å². The van der Waals surface area contributed by atoms with Gasteiger partial charge in [0.2, 0.25) is 0 Å². The minimum absolute atomic E-state index is 0.0132. The smallest absolute Gasteiger partial charge is 0.0689 e. The van der Waals surface area contributed by atoms with Crippen LogP contribution in [0.5, 0.6) is 0 Å². The van der Waals surface area contributed by atoms with Crippen LogP contribution in [-0.4, -0.2) is 4.75 Å². The largest absolute Gasteiger partial charge is 0.198 e.